The number of benzene rings is 2. The van der Waals surface area contributed by atoms with Gasteiger partial charge < -0.3 is 5.21 Å². The number of nitro benzene ring substituents is 1. The summed E-state index contributed by atoms with van der Waals surface area (Å²) in [7, 11) is 0. The zero-order valence-electron chi connectivity index (χ0n) is 11.8. The molecule has 2 aliphatic rings. The van der Waals surface area contributed by atoms with Gasteiger partial charge in [0.1, 0.15) is 5.36 Å². The summed E-state index contributed by atoms with van der Waals surface area (Å²) in [6.45, 7) is 1.96. The van der Waals surface area contributed by atoms with E-state index in [-0.39, 0.29) is 11.0 Å². The van der Waals surface area contributed by atoms with Crippen LogP contribution in [0.2, 0.25) is 0 Å². The third kappa shape index (κ3) is 2.54. The molecule has 6 nitrogen and oxygen atoms in total. The first-order chi connectivity index (χ1) is 10.5. The van der Waals surface area contributed by atoms with Crippen LogP contribution in [0.25, 0.3) is 11.1 Å². The Morgan fingerprint density at radius 3 is 2.55 bits per heavy atom. The monoisotopic (exact) mass is 295 g/mol. The fourth-order valence-corrected chi connectivity index (χ4v) is 2.28. The van der Waals surface area contributed by atoms with Gasteiger partial charge in [0, 0.05) is 11.8 Å². The molecule has 0 fully saturated rings. The lowest BCUT2D eigenvalue weighted by atomic mass is 10.0. The smallest absolute Gasteiger partial charge is 0.302 e. The van der Waals surface area contributed by atoms with Crippen molar-refractivity contribution in [3.05, 3.63) is 75.9 Å². The number of aryl methyl sites for hydroxylation is 1. The average molecular weight is 295 g/mol. The zero-order chi connectivity index (χ0) is 15.7. The predicted octanol–water partition coefficient (Wildman–Crippen LogP) is 3.28. The molecule has 22 heavy (non-hydrogen) atoms. The standard InChI is InChI=1S/C16H13N3O3/c1-11-2-5-13(6-3-11)17-15-7-4-12-10-18(20)9-8-14(12)16(15)19(21)22/h2-10,20H,1H3. The molecule has 0 aromatic heterocycles. The third-order valence-corrected chi connectivity index (χ3v) is 3.36. The summed E-state index contributed by atoms with van der Waals surface area (Å²) in [5.74, 6) is 0. The maximum absolute atomic E-state index is 11.4. The van der Waals surface area contributed by atoms with Gasteiger partial charge in [-0.05, 0) is 31.2 Å². The number of nitro groups is 1. The lowest BCUT2D eigenvalue weighted by molar-refractivity contribution is -0.385. The zero-order valence-corrected chi connectivity index (χ0v) is 11.8. The summed E-state index contributed by atoms with van der Waals surface area (Å²) in [6, 6.07) is 12.2. The van der Waals surface area contributed by atoms with Crippen molar-refractivity contribution in [2.24, 2.45) is 4.99 Å². The first-order valence-electron chi connectivity index (χ1n) is 6.65. The summed E-state index contributed by atoms with van der Waals surface area (Å²) < 4.78 is 0.864. The molecule has 0 radical (unpaired) electrons. The van der Waals surface area contributed by atoms with E-state index in [1.54, 1.807) is 12.1 Å². The van der Waals surface area contributed by atoms with Gasteiger partial charge in [-0.2, -0.15) is 0 Å². The molecule has 1 aromatic carbocycles. The molecule has 1 aliphatic carbocycles. The van der Waals surface area contributed by atoms with Crippen molar-refractivity contribution in [2.45, 2.75) is 6.92 Å². The Balaban J connectivity index is 2.28. The highest BCUT2D eigenvalue weighted by atomic mass is 16.6. The van der Waals surface area contributed by atoms with Gasteiger partial charge in [-0.25, -0.2) is 9.72 Å². The van der Waals surface area contributed by atoms with Gasteiger partial charge in [-0.15, -0.1) is 0 Å². The normalized spacial score (nSPS) is 11.8. The molecule has 1 heterocycles. The molecule has 0 bridgehead atoms. The molecule has 0 saturated carbocycles. The molecule has 110 valence electrons. The highest BCUT2D eigenvalue weighted by molar-refractivity contribution is 5.73. The molecular formula is C16H13N3O3. The minimum Gasteiger partial charge on any atom is -0.429 e. The molecule has 0 amide bonds. The number of nitrogens with zero attached hydrogens (tertiary/aromatic N) is 3. The van der Waals surface area contributed by atoms with Crippen molar-refractivity contribution in [3.8, 4) is 11.1 Å². The van der Waals surface area contributed by atoms with Crippen molar-refractivity contribution in [3.63, 3.8) is 0 Å². The first-order valence-corrected chi connectivity index (χ1v) is 6.65. The molecule has 0 unspecified atom stereocenters. The summed E-state index contributed by atoms with van der Waals surface area (Å²) in [5.41, 5.74) is 2.68. The van der Waals surface area contributed by atoms with Crippen molar-refractivity contribution < 1.29 is 10.1 Å². The first kappa shape index (κ1) is 13.8. The molecule has 1 N–H and O–H groups in total. The fourth-order valence-electron chi connectivity index (χ4n) is 2.28. The molecule has 1 aliphatic heterocycles. The SMILES string of the molecule is Cc1ccc(N=c2ccc3cn(O)ccc-3c2[N+](=O)[O-])cc1. The van der Waals surface area contributed by atoms with E-state index in [1.165, 1.54) is 18.5 Å². The van der Waals surface area contributed by atoms with Gasteiger partial charge in [-0.1, -0.05) is 23.8 Å². The highest BCUT2D eigenvalue weighted by Crippen LogP contribution is 2.28. The largest absolute Gasteiger partial charge is 0.429 e. The Bertz CT molecular complexity index is 882. The van der Waals surface area contributed by atoms with Crippen LogP contribution in [0.15, 0.2) is 59.9 Å². The van der Waals surface area contributed by atoms with E-state index in [0.717, 1.165) is 10.3 Å². The number of hydrogen-bond donors (Lipinski definition) is 1. The van der Waals surface area contributed by atoms with Crippen molar-refractivity contribution in [2.75, 3.05) is 0 Å². The quantitative estimate of drug-likeness (QED) is 0.447. The Hall–Kier alpha value is -3.15. The second-order valence-electron chi connectivity index (χ2n) is 4.97. The van der Waals surface area contributed by atoms with Crippen LogP contribution in [0, 0.1) is 17.0 Å². The van der Waals surface area contributed by atoms with Crippen molar-refractivity contribution in [1.29, 1.82) is 0 Å². The Kier molecular flexibility index (Phi) is 3.34. The minimum absolute atomic E-state index is 0.0707. The molecular weight excluding hydrogens is 282 g/mol. The van der Waals surface area contributed by atoms with Gasteiger partial charge in [0.05, 0.1) is 22.4 Å². The van der Waals surface area contributed by atoms with Crippen LogP contribution in [0.1, 0.15) is 5.56 Å². The number of rotatable bonds is 2. The van der Waals surface area contributed by atoms with Crippen LogP contribution in [0.5, 0.6) is 0 Å². The van der Waals surface area contributed by atoms with Crippen molar-refractivity contribution in [1.82, 2.24) is 4.73 Å². The second-order valence-corrected chi connectivity index (χ2v) is 4.97. The molecule has 0 spiro atoms. The Morgan fingerprint density at radius 1 is 1.14 bits per heavy atom. The van der Waals surface area contributed by atoms with Gasteiger partial charge >= 0.3 is 5.69 Å². The maximum Gasteiger partial charge on any atom is 0.302 e. The maximum atomic E-state index is 11.4. The van der Waals surface area contributed by atoms with E-state index in [9.17, 15) is 15.3 Å². The topological polar surface area (TPSA) is 80.7 Å². The number of pyridine rings is 1. The van der Waals surface area contributed by atoms with Crippen molar-refractivity contribution >= 4 is 11.4 Å². The van der Waals surface area contributed by atoms with E-state index in [0.29, 0.717) is 16.8 Å². The van der Waals surface area contributed by atoms with E-state index < -0.39 is 4.92 Å². The van der Waals surface area contributed by atoms with Gasteiger partial charge in [0.25, 0.3) is 0 Å². The van der Waals surface area contributed by atoms with Crippen LogP contribution in [0.4, 0.5) is 11.4 Å². The summed E-state index contributed by atoms with van der Waals surface area (Å²) in [5, 5.41) is 21.1. The van der Waals surface area contributed by atoms with Crippen LogP contribution >= 0.6 is 0 Å². The highest BCUT2D eigenvalue weighted by Gasteiger charge is 2.20. The van der Waals surface area contributed by atoms with E-state index >= 15 is 0 Å². The molecule has 1 aromatic rings. The second kappa shape index (κ2) is 5.33. The van der Waals surface area contributed by atoms with Crippen LogP contribution in [0.3, 0.4) is 0 Å². The van der Waals surface area contributed by atoms with Crippen LogP contribution in [-0.4, -0.2) is 14.9 Å². The molecule has 0 saturated heterocycles. The van der Waals surface area contributed by atoms with Gasteiger partial charge in [0.2, 0.25) is 0 Å². The summed E-state index contributed by atoms with van der Waals surface area (Å²) >= 11 is 0. The fraction of sp³-hybridized carbons (Fsp3) is 0.0625. The Morgan fingerprint density at radius 2 is 1.86 bits per heavy atom. The van der Waals surface area contributed by atoms with E-state index in [2.05, 4.69) is 4.99 Å². The minimum atomic E-state index is -0.447. The predicted molar refractivity (Wildman–Crippen MR) is 81.3 cm³/mol. The summed E-state index contributed by atoms with van der Waals surface area (Å²) in [4.78, 5) is 15.4. The third-order valence-electron chi connectivity index (χ3n) is 3.36. The lowest BCUT2D eigenvalue weighted by Crippen LogP contribution is -2.11. The molecule has 3 rings (SSSR count). The van der Waals surface area contributed by atoms with Gasteiger partial charge in [-0.3, -0.25) is 10.1 Å². The van der Waals surface area contributed by atoms with Gasteiger partial charge in [0.15, 0.2) is 0 Å². The number of fused-ring (bicyclic) bond motifs is 1. The van der Waals surface area contributed by atoms with Crippen LogP contribution in [-0.2, 0) is 0 Å². The molecule has 0 atom stereocenters. The average Bonchev–Trinajstić information content (AvgIpc) is 2.49. The van der Waals surface area contributed by atoms with Crippen LogP contribution < -0.4 is 5.36 Å². The molecule has 6 heteroatoms. The van der Waals surface area contributed by atoms with E-state index in [4.69, 9.17) is 0 Å². The number of hydrogen-bond acceptors (Lipinski definition) is 4. The van der Waals surface area contributed by atoms with E-state index in [1.807, 2.05) is 31.2 Å². The summed E-state index contributed by atoms with van der Waals surface area (Å²) in [6.07, 6.45) is 2.77. The lowest BCUT2D eigenvalue weighted by Gasteiger charge is -2.07. The number of aromatic nitrogens is 1. The Labute approximate surface area is 126 Å².